The van der Waals surface area contributed by atoms with Crippen molar-refractivity contribution in [3.63, 3.8) is 0 Å². The second-order valence-electron chi connectivity index (χ2n) is 5.94. The Kier molecular flexibility index (Phi) is 4.65. The maximum absolute atomic E-state index is 12.1. The van der Waals surface area contributed by atoms with Crippen molar-refractivity contribution in [2.45, 2.75) is 44.1 Å². The van der Waals surface area contributed by atoms with Crippen molar-refractivity contribution in [2.75, 3.05) is 26.9 Å². The lowest BCUT2D eigenvalue weighted by molar-refractivity contribution is -0.151. The largest absolute Gasteiger partial charge is 0.481 e. The van der Waals surface area contributed by atoms with Crippen LogP contribution in [0.25, 0.3) is 0 Å². The highest BCUT2D eigenvalue weighted by atomic mass is 16.5. The van der Waals surface area contributed by atoms with Gasteiger partial charge in [-0.15, -0.1) is 0 Å². The van der Waals surface area contributed by atoms with Gasteiger partial charge >= 0.3 is 5.97 Å². The van der Waals surface area contributed by atoms with E-state index in [0.29, 0.717) is 32.6 Å². The number of aliphatic carboxylic acids is 1. The van der Waals surface area contributed by atoms with Crippen molar-refractivity contribution in [2.24, 2.45) is 5.41 Å². The first-order valence-corrected chi connectivity index (χ1v) is 7.15. The Morgan fingerprint density at radius 2 is 2.00 bits per heavy atom. The summed E-state index contributed by atoms with van der Waals surface area (Å²) in [6.07, 6.45) is 3.75. The number of carboxylic acid groups (broad SMARTS) is 1. The minimum absolute atomic E-state index is 0.0585. The molecule has 114 valence electrons. The molecule has 0 spiro atoms. The number of nitrogens with one attached hydrogen (secondary N) is 1. The highest BCUT2D eigenvalue weighted by Gasteiger charge is 2.43. The molecule has 2 aliphatic rings. The molecule has 1 unspecified atom stereocenters. The molecule has 6 heteroatoms. The number of carbonyl (C=O) groups excluding carboxylic acids is 1. The van der Waals surface area contributed by atoms with Gasteiger partial charge in [0.2, 0.25) is 5.91 Å². The highest BCUT2D eigenvalue weighted by molar-refractivity contribution is 5.85. The number of carboxylic acids is 1. The lowest BCUT2D eigenvalue weighted by atomic mass is 9.82. The summed E-state index contributed by atoms with van der Waals surface area (Å²) >= 11 is 0. The molecule has 2 N–H and O–H groups in total. The average Bonchev–Trinajstić information content (AvgIpc) is 3.06. The second-order valence-corrected chi connectivity index (χ2v) is 5.94. The zero-order chi connectivity index (χ0) is 14.6. The Morgan fingerprint density at radius 1 is 1.30 bits per heavy atom. The van der Waals surface area contributed by atoms with Crippen LogP contribution < -0.4 is 5.32 Å². The van der Waals surface area contributed by atoms with Crippen LogP contribution >= 0.6 is 0 Å². The quantitative estimate of drug-likeness (QED) is 0.759. The highest BCUT2D eigenvalue weighted by Crippen LogP contribution is 2.41. The Balaban J connectivity index is 1.87. The van der Waals surface area contributed by atoms with Gasteiger partial charge in [-0.05, 0) is 12.8 Å². The molecule has 1 amide bonds. The van der Waals surface area contributed by atoms with Gasteiger partial charge in [-0.3, -0.25) is 9.59 Å². The number of hydrogen-bond donors (Lipinski definition) is 2. The SMILES string of the molecule is COC1(CNC(=O)CC2(C(=O)O)CCCC2)CCOC1. The molecule has 0 radical (unpaired) electrons. The molecule has 0 aromatic heterocycles. The monoisotopic (exact) mass is 285 g/mol. The lowest BCUT2D eigenvalue weighted by Crippen LogP contribution is -2.46. The number of carbonyl (C=O) groups is 2. The van der Waals surface area contributed by atoms with Crippen LogP contribution in [0.4, 0.5) is 0 Å². The fourth-order valence-electron chi connectivity index (χ4n) is 3.11. The standard InChI is InChI=1S/C14H23NO5/c1-19-14(6-7-20-10-14)9-15-11(16)8-13(12(17)18)4-2-3-5-13/h2-10H2,1H3,(H,15,16)(H,17,18). The summed E-state index contributed by atoms with van der Waals surface area (Å²) in [7, 11) is 1.61. The topological polar surface area (TPSA) is 84.9 Å². The van der Waals surface area contributed by atoms with Crippen LogP contribution in [0.15, 0.2) is 0 Å². The maximum Gasteiger partial charge on any atom is 0.310 e. The van der Waals surface area contributed by atoms with Gasteiger partial charge in [-0.2, -0.15) is 0 Å². The van der Waals surface area contributed by atoms with E-state index in [0.717, 1.165) is 19.3 Å². The summed E-state index contributed by atoms with van der Waals surface area (Å²) in [6, 6.07) is 0. The Morgan fingerprint density at radius 3 is 2.50 bits per heavy atom. The summed E-state index contributed by atoms with van der Waals surface area (Å²) in [6.45, 7) is 1.47. The molecule has 1 aliphatic heterocycles. The van der Waals surface area contributed by atoms with Gasteiger partial charge in [-0.1, -0.05) is 12.8 Å². The fraction of sp³-hybridized carbons (Fsp3) is 0.857. The van der Waals surface area contributed by atoms with E-state index in [2.05, 4.69) is 5.32 Å². The molecule has 0 bridgehead atoms. The van der Waals surface area contributed by atoms with Crippen LogP contribution in [0.5, 0.6) is 0 Å². The Bertz CT molecular complexity index is 370. The molecule has 2 rings (SSSR count). The van der Waals surface area contributed by atoms with E-state index in [-0.39, 0.29) is 12.3 Å². The minimum atomic E-state index is -0.865. The summed E-state index contributed by atoms with van der Waals surface area (Å²) < 4.78 is 10.7. The first-order chi connectivity index (χ1) is 9.52. The van der Waals surface area contributed by atoms with Crippen LogP contribution in [0.1, 0.15) is 38.5 Å². The summed E-state index contributed by atoms with van der Waals surface area (Å²) in [5.41, 5.74) is -1.32. The first kappa shape index (κ1) is 15.3. The second kappa shape index (κ2) is 6.10. The van der Waals surface area contributed by atoms with Crippen LogP contribution in [-0.2, 0) is 19.1 Å². The Hall–Kier alpha value is -1.14. The number of amides is 1. The van der Waals surface area contributed by atoms with E-state index in [1.165, 1.54) is 0 Å². The summed E-state index contributed by atoms with van der Waals surface area (Å²) in [5.74, 6) is -1.06. The minimum Gasteiger partial charge on any atom is -0.481 e. The van der Waals surface area contributed by atoms with Gasteiger partial charge in [0, 0.05) is 33.1 Å². The van der Waals surface area contributed by atoms with Gasteiger partial charge < -0.3 is 19.9 Å². The third kappa shape index (κ3) is 3.12. The normalized spacial score (nSPS) is 28.4. The molecule has 0 aromatic rings. The molecule has 0 aromatic carbocycles. The van der Waals surface area contributed by atoms with Crippen molar-refractivity contribution >= 4 is 11.9 Å². The van der Waals surface area contributed by atoms with Crippen LogP contribution in [-0.4, -0.2) is 49.5 Å². The third-order valence-corrected chi connectivity index (χ3v) is 4.62. The molecule has 1 saturated carbocycles. The van der Waals surface area contributed by atoms with Crippen molar-refractivity contribution in [3.05, 3.63) is 0 Å². The fourth-order valence-corrected chi connectivity index (χ4v) is 3.11. The average molecular weight is 285 g/mol. The Labute approximate surface area is 118 Å². The van der Waals surface area contributed by atoms with E-state index in [1.54, 1.807) is 7.11 Å². The van der Waals surface area contributed by atoms with Crippen molar-refractivity contribution in [1.82, 2.24) is 5.32 Å². The molecule has 1 atom stereocenters. The smallest absolute Gasteiger partial charge is 0.310 e. The molecule has 1 saturated heterocycles. The molecular formula is C14H23NO5. The van der Waals surface area contributed by atoms with Crippen LogP contribution in [0, 0.1) is 5.41 Å². The number of methoxy groups -OCH3 is 1. The summed E-state index contributed by atoms with van der Waals surface area (Å²) in [5, 5.41) is 12.2. The molecule has 1 aliphatic carbocycles. The van der Waals surface area contributed by atoms with E-state index in [9.17, 15) is 14.7 Å². The van der Waals surface area contributed by atoms with E-state index >= 15 is 0 Å². The molecule has 6 nitrogen and oxygen atoms in total. The lowest BCUT2D eigenvalue weighted by Gasteiger charge is -2.27. The van der Waals surface area contributed by atoms with Gasteiger partial charge in [0.25, 0.3) is 0 Å². The van der Waals surface area contributed by atoms with Gasteiger partial charge in [0.05, 0.1) is 12.0 Å². The zero-order valence-corrected chi connectivity index (χ0v) is 11.9. The van der Waals surface area contributed by atoms with E-state index in [1.807, 2.05) is 0 Å². The van der Waals surface area contributed by atoms with Gasteiger partial charge in [-0.25, -0.2) is 0 Å². The zero-order valence-electron chi connectivity index (χ0n) is 11.9. The van der Waals surface area contributed by atoms with Gasteiger partial charge in [0.15, 0.2) is 0 Å². The van der Waals surface area contributed by atoms with E-state index in [4.69, 9.17) is 9.47 Å². The predicted octanol–water partition coefficient (Wildman–Crippen LogP) is 0.943. The number of rotatable bonds is 6. The molecule has 20 heavy (non-hydrogen) atoms. The number of hydrogen-bond acceptors (Lipinski definition) is 4. The third-order valence-electron chi connectivity index (χ3n) is 4.62. The molecule has 2 fully saturated rings. The van der Waals surface area contributed by atoms with Crippen molar-refractivity contribution in [1.29, 1.82) is 0 Å². The number of ether oxygens (including phenoxy) is 2. The van der Waals surface area contributed by atoms with E-state index < -0.39 is 17.0 Å². The molecule has 1 heterocycles. The van der Waals surface area contributed by atoms with Crippen molar-refractivity contribution in [3.8, 4) is 0 Å². The summed E-state index contributed by atoms with van der Waals surface area (Å²) in [4.78, 5) is 23.5. The molecular weight excluding hydrogens is 262 g/mol. The van der Waals surface area contributed by atoms with Crippen LogP contribution in [0.3, 0.4) is 0 Å². The predicted molar refractivity (Wildman–Crippen MR) is 71.3 cm³/mol. The van der Waals surface area contributed by atoms with Crippen LogP contribution in [0.2, 0.25) is 0 Å². The maximum atomic E-state index is 12.1. The van der Waals surface area contributed by atoms with Crippen molar-refractivity contribution < 1.29 is 24.2 Å². The first-order valence-electron chi connectivity index (χ1n) is 7.15. The van der Waals surface area contributed by atoms with Gasteiger partial charge in [0.1, 0.15) is 5.60 Å².